The van der Waals surface area contributed by atoms with Crippen LogP contribution in [0.3, 0.4) is 0 Å². The molecule has 1 aromatic carbocycles. The van der Waals surface area contributed by atoms with Crippen molar-refractivity contribution in [2.45, 2.75) is 19.8 Å². The molecule has 4 nitrogen and oxygen atoms in total. The highest BCUT2D eigenvalue weighted by molar-refractivity contribution is 9.10. The van der Waals surface area contributed by atoms with Crippen molar-refractivity contribution in [1.82, 2.24) is 9.97 Å². The lowest BCUT2D eigenvalue weighted by molar-refractivity contribution is 0.416. The summed E-state index contributed by atoms with van der Waals surface area (Å²) in [5.41, 5.74) is 2.10. The molecule has 0 aliphatic carbocycles. The average molecular weight is 332 g/mol. The molecule has 0 fully saturated rings. The first-order valence-corrected chi connectivity index (χ1v) is 6.97. The molecule has 5 heteroatoms. The third-order valence-corrected chi connectivity index (χ3v) is 3.24. The van der Waals surface area contributed by atoms with E-state index < -0.39 is 0 Å². The smallest absolute Gasteiger partial charge is 0.132 e. The Kier molecular flexibility index (Phi) is 4.35. The molecule has 0 spiro atoms. The average Bonchev–Trinajstić information content (AvgIpc) is 2.45. The summed E-state index contributed by atoms with van der Waals surface area (Å²) in [7, 11) is 1.60. The Morgan fingerprint density at radius 2 is 2.00 bits per heavy atom. The number of benzene rings is 1. The van der Waals surface area contributed by atoms with Crippen molar-refractivity contribution in [3.8, 4) is 23.1 Å². The molecule has 0 N–H and O–H groups in total. The Morgan fingerprint density at radius 1 is 1.25 bits per heavy atom. The zero-order valence-electron chi connectivity index (χ0n) is 11.5. The molecule has 2 aromatic rings. The second-order valence-electron chi connectivity index (χ2n) is 4.62. The van der Waals surface area contributed by atoms with Gasteiger partial charge in [0.1, 0.15) is 16.2 Å². The molecule has 0 saturated heterocycles. The number of hydrogen-bond donors (Lipinski definition) is 0. The standard InChI is InChI=1S/C15H14BrN3O/c1-9(2)15-18-12(7-14(16)19-15)11-6-10(8-17)4-5-13(11)20-3/h4-7,9H,1-3H3. The van der Waals surface area contributed by atoms with Gasteiger partial charge in [0.05, 0.1) is 24.4 Å². The van der Waals surface area contributed by atoms with Crippen molar-refractivity contribution in [2.24, 2.45) is 0 Å². The number of hydrogen-bond acceptors (Lipinski definition) is 4. The van der Waals surface area contributed by atoms with Crippen molar-refractivity contribution in [1.29, 1.82) is 5.26 Å². The summed E-state index contributed by atoms with van der Waals surface area (Å²) in [6, 6.07) is 9.23. The molecule has 20 heavy (non-hydrogen) atoms. The van der Waals surface area contributed by atoms with E-state index in [1.165, 1.54) is 0 Å². The predicted molar refractivity (Wildman–Crippen MR) is 80.5 cm³/mol. The quantitative estimate of drug-likeness (QED) is 0.800. The first kappa shape index (κ1) is 14.5. The van der Waals surface area contributed by atoms with Gasteiger partial charge in [-0.3, -0.25) is 0 Å². The van der Waals surface area contributed by atoms with Gasteiger partial charge in [0.25, 0.3) is 0 Å². The van der Waals surface area contributed by atoms with Gasteiger partial charge < -0.3 is 4.74 Å². The predicted octanol–water partition coefficient (Wildman–Crippen LogP) is 3.91. The Hall–Kier alpha value is -1.93. The van der Waals surface area contributed by atoms with E-state index in [1.807, 2.05) is 19.9 Å². The molecule has 0 unspecified atom stereocenters. The summed E-state index contributed by atoms with van der Waals surface area (Å²) in [6.45, 7) is 4.07. The molecule has 0 radical (unpaired) electrons. The van der Waals surface area contributed by atoms with Crippen molar-refractivity contribution in [2.75, 3.05) is 7.11 Å². The highest BCUT2D eigenvalue weighted by atomic mass is 79.9. The fourth-order valence-corrected chi connectivity index (χ4v) is 2.21. The summed E-state index contributed by atoms with van der Waals surface area (Å²) in [5.74, 6) is 1.65. The van der Waals surface area contributed by atoms with Gasteiger partial charge in [-0.15, -0.1) is 0 Å². The number of rotatable bonds is 3. The maximum absolute atomic E-state index is 9.04. The second kappa shape index (κ2) is 6.02. The molecular weight excluding hydrogens is 318 g/mol. The molecule has 2 rings (SSSR count). The third kappa shape index (κ3) is 2.97. The van der Waals surface area contributed by atoms with E-state index in [4.69, 9.17) is 10.00 Å². The Morgan fingerprint density at radius 3 is 2.60 bits per heavy atom. The van der Waals surface area contributed by atoms with Crippen LogP contribution in [0.5, 0.6) is 5.75 Å². The fraction of sp³-hybridized carbons (Fsp3) is 0.267. The van der Waals surface area contributed by atoms with Crippen molar-refractivity contribution in [3.63, 3.8) is 0 Å². The van der Waals surface area contributed by atoms with E-state index in [1.54, 1.807) is 25.3 Å². The lowest BCUT2D eigenvalue weighted by Crippen LogP contribution is -2.00. The topological polar surface area (TPSA) is 58.8 Å². The summed E-state index contributed by atoms with van der Waals surface area (Å²) < 4.78 is 6.07. The summed E-state index contributed by atoms with van der Waals surface area (Å²) >= 11 is 3.40. The zero-order chi connectivity index (χ0) is 14.7. The Bertz CT molecular complexity index is 677. The van der Waals surface area contributed by atoms with Crippen LogP contribution >= 0.6 is 15.9 Å². The maximum Gasteiger partial charge on any atom is 0.132 e. The lowest BCUT2D eigenvalue weighted by Gasteiger charge is -2.11. The molecule has 0 aliphatic rings. The number of methoxy groups -OCH3 is 1. The monoisotopic (exact) mass is 331 g/mol. The number of aromatic nitrogens is 2. The van der Waals surface area contributed by atoms with Gasteiger partial charge in [-0.1, -0.05) is 13.8 Å². The highest BCUT2D eigenvalue weighted by Gasteiger charge is 2.13. The van der Waals surface area contributed by atoms with Crippen LogP contribution in [-0.2, 0) is 0 Å². The van der Waals surface area contributed by atoms with E-state index in [9.17, 15) is 0 Å². The first-order valence-electron chi connectivity index (χ1n) is 6.18. The summed E-state index contributed by atoms with van der Waals surface area (Å²) in [4.78, 5) is 8.91. The van der Waals surface area contributed by atoms with Gasteiger partial charge in [-0.05, 0) is 40.2 Å². The third-order valence-electron chi connectivity index (χ3n) is 2.83. The first-order chi connectivity index (χ1) is 9.55. The molecule has 0 aliphatic heterocycles. The molecule has 1 heterocycles. The number of nitrogens with zero attached hydrogens (tertiary/aromatic N) is 3. The maximum atomic E-state index is 9.04. The molecule has 0 saturated carbocycles. The number of ether oxygens (including phenoxy) is 1. The minimum atomic E-state index is 0.219. The molecule has 1 aromatic heterocycles. The van der Waals surface area contributed by atoms with Crippen LogP contribution in [0.1, 0.15) is 31.2 Å². The van der Waals surface area contributed by atoms with E-state index in [2.05, 4.69) is 32.0 Å². The highest BCUT2D eigenvalue weighted by Crippen LogP contribution is 2.31. The second-order valence-corrected chi connectivity index (χ2v) is 5.43. The summed E-state index contributed by atoms with van der Waals surface area (Å²) in [6.07, 6.45) is 0. The number of nitriles is 1. The van der Waals surface area contributed by atoms with Crippen molar-refractivity contribution < 1.29 is 4.74 Å². The van der Waals surface area contributed by atoms with E-state index in [-0.39, 0.29) is 5.92 Å². The molecular formula is C15H14BrN3O. The van der Waals surface area contributed by atoms with Crippen LogP contribution in [0.4, 0.5) is 0 Å². The van der Waals surface area contributed by atoms with Crippen LogP contribution in [0.2, 0.25) is 0 Å². The van der Waals surface area contributed by atoms with E-state index in [0.29, 0.717) is 11.3 Å². The van der Waals surface area contributed by atoms with Gasteiger partial charge >= 0.3 is 0 Å². The summed E-state index contributed by atoms with van der Waals surface area (Å²) in [5, 5.41) is 9.04. The Balaban J connectivity index is 2.64. The van der Waals surface area contributed by atoms with Crippen LogP contribution in [0.25, 0.3) is 11.3 Å². The minimum Gasteiger partial charge on any atom is -0.496 e. The van der Waals surface area contributed by atoms with E-state index in [0.717, 1.165) is 21.7 Å². The number of halogens is 1. The SMILES string of the molecule is COc1ccc(C#N)cc1-c1cc(Br)nc(C(C)C)n1. The van der Waals surface area contributed by atoms with Crippen molar-refractivity contribution >= 4 is 15.9 Å². The Labute approximate surface area is 126 Å². The van der Waals surface area contributed by atoms with Crippen molar-refractivity contribution in [3.05, 3.63) is 40.3 Å². The van der Waals surface area contributed by atoms with E-state index >= 15 is 0 Å². The zero-order valence-corrected chi connectivity index (χ0v) is 13.1. The van der Waals surface area contributed by atoms with Crippen LogP contribution in [0, 0.1) is 11.3 Å². The van der Waals surface area contributed by atoms with Crippen LogP contribution < -0.4 is 4.74 Å². The van der Waals surface area contributed by atoms with Gasteiger partial charge in [-0.2, -0.15) is 5.26 Å². The van der Waals surface area contributed by atoms with Gasteiger partial charge in [-0.25, -0.2) is 9.97 Å². The molecule has 0 amide bonds. The van der Waals surface area contributed by atoms with Gasteiger partial charge in [0, 0.05) is 11.5 Å². The van der Waals surface area contributed by atoms with Gasteiger partial charge in [0.15, 0.2) is 0 Å². The van der Waals surface area contributed by atoms with Crippen LogP contribution in [0.15, 0.2) is 28.9 Å². The largest absolute Gasteiger partial charge is 0.496 e. The molecule has 0 bridgehead atoms. The van der Waals surface area contributed by atoms with Gasteiger partial charge in [0.2, 0.25) is 0 Å². The fourth-order valence-electron chi connectivity index (χ4n) is 1.81. The molecule has 102 valence electrons. The normalized spacial score (nSPS) is 10.4. The lowest BCUT2D eigenvalue weighted by atomic mass is 10.1. The minimum absolute atomic E-state index is 0.219. The van der Waals surface area contributed by atoms with Crippen LogP contribution in [-0.4, -0.2) is 17.1 Å². The molecule has 0 atom stereocenters.